The Bertz CT molecular complexity index is 2070. The van der Waals surface area contributed by atoms with E-state index in [0.717, 1.165) is 34.2 Å². The van der Waals surface area contributed by atoms with Crippen molar-refractivity contribution < 1.29 is 4.74 Å². The van der Waals surface area contributed by atoms with Crippen LogP contribution in [-0.4, -0.2) is 4.98 Å². The van der Waals surface area contributed by atoms with Gasteiger partial charge in [-0.1, -0.05) is 116 Å². The largest absolute Gasteiger partial charge is 0.456 e. The first kappa shape index (κ1) is 23.9. The lowest BCUT2D eigenvalue weighted by Gasteiger charge is -2.24. The number of hydrogen-bond acceptors (Lipinski definition) is 2. The second-order valence-electron chi connectivity index (χ2n) is 10.8. The highest BCUT2D eigenvalue weighted by atomic mass is 16.5. The highest BCUT2D eigenvalue weighted by Gasteiger charge is 2.36. The molecule has 0 amide bonds. The fraction of sp³-hybridized carbons (Fsp3) is 0.0769. The summed E-state index contributed by atoms with van der Waals surface area (Å²) in [7, 11) is 0. The molecule has 0 saturated heterocycles. The summed E-state index contributed by atoms with van der Waals surface area (Å²) in [4.78, 5) is 5.00. The zero-order valence-electron chi connectivity index (χ0n) is 22.8. The van der Waals surface area contributed by atoms with E-state index in [0.29, 0.717) is 0 Å². The van der Waals surface area contributed by atoms with E-state index in [1.165, 1.54) is 49.9 Å². The molecule has 41 heavy (non-hydrogen) atoms. The number of fused-ring (bicyclic) bond motifs is 4. The monoisotopic (exact) mass is 526 g/mol. The molecule has 0 aliphatic heterocycles. The summed E-state index contributed by atoms with van der Waals surface area (Å²) in [6.07, 6.45) is 14.1. The second kappa shape index (κ2) is 9.60. The molecule has 8 rings (SSSR count). The molecule has 0 bridgehead atoms. The molecule has 1 radical (unpaired) electrons. The first-order valence-electron chi connectivity index (χ1n) is 14.3. The Labute approximate surface area is 239 Å². The lowest BCUT2D eigenvalue weighted by molar-refractivity contribution is 0.483. The quantitative estimate of drug-likeness (QED) is 0.223. The zero-order valence-corrected chi connectivity index (χ0v) is 22.8. The lowest BCUT2D eigenvalue weighted by atomic mass is 9.84. The van der Waals surface area contributed by atoms with Crippen LogP contribution in [0.1, 0.15) is 41.5 Å². The van der Waals surface area contributed by atoms with Crippen molar-refractivity contribution in [3.63, 3.8) is 0 Å². The predicted octanol–water partition coefficient (Wildman–Crippen LogP) is 10.4. The Morgan fingerprint density at radius 3 is 2.32 bits per heavy atom. The van der Waals surface area contributed by atoms with Crippen LogP contribution in [0.2, 0.25) is 0 Å². The molecular weight excluding hydrogens is 498 g/mol. The van der Waals surface area contributed by atoms with Gasteiger partial charge in [-0.15, -0.1) is 0 Å². The number of benzene rings is 5. The maximum atomic E-state index is 6.98. The van der Waals surface area contributed by atoms with Gasteiger partial charge in [-0.2, -0.15) is 0 Å². The molecular formula is C39H28NO. The Hall–Kier alpha value is -4.95. The topological polar surface area (TPSA) is 22.1 Å². The molecule has 1 atom stereocenters. The molecule has 0 fully saturated rings. The van der Waals surface area contributed by atoms with Crippen LogP contribution in [0.5, 0.6) is 11.5 Å². The van der Waals surface area contributed by atoms with Gasteiger partial charge in [0.2, 0.25) is 0 Å². The normalized spacial score (nSPS) is 16.1. The summed E-state index contributed by atoms with van der Waals surface area (Å²) in [5.41, 5.74) is 7.16. The van der Waals surface area contributed by atoms with Crippen LogP contribution in [-0.2, 0) is 0 Å². The third-order valence-electron chi connectivity index (χ3n) is 8.43. The summed E-state index contributed by atoms with van der Waals surface area (Å²) in [5, 5.41) is 5.85. The molecule has 0 saturated carbocycles. The Morgan fingerprint density at radius 1 is 0.732 bits per heavy atom. The molecule has 2 nitrogen and oxygen atoms in total. The van der Waals surface area contributed by atoms with E-state index < -0.39 is 0 Å². The van der Waals surface area contributed by atoms with Gasteiger partial charge in [0.05, 0.1) is 11.4 Å². The van der Waals surface area contributed by atoms with E-state index >= 15 is 0 Å². The van der Waals surface area contributed by atoms with Crippen LogP contribution < -0.4 is 4.74 Å². The zero-order chi connectivity index (χ0) is 27.3. The Kier molecular flexibility index (Phi) is 5.60. The van der Waals surface area contributed by atoms with Crippen LogP contribution in [0.25, 0.3) is 44.1 Å². The minimum absolute atomic E-state index is 0.216. The van der Waals surface area contributed by atoms with Crippen LogP contribution in [0, 0.1) is 5.92 Å². The fourth-order valence-electron chi connectivity index (χ4n) is 6.42. The molecule has 6 aromatic rings. The average molecular weight is 527 g/mol. The number of nitrogens with zero attached hydrogens (tertiary/aromatic N) is 1. The maximum Gasteiger partial charge on any atom is 0.141 e. The van der Waals surface area contributed by atoms with Crippen LogP contribution in [0.3, 0.4) is 0 Å². The van der Waals surface area contributed by atoms with Crippen molar-refractivity contribution >= 4 is 44.1 Å². The van der Waals surface area contributed by atoms with Crippen LogP contribution in [0.4, 0.5) is 0 Å². The van der Waals surface area contributed by atoms with Gasteiger partial charge in [0.15, 0.2) is 0 Å². The van der Waals surface area contributed by atoms with Gasteiger partial charge in [0, 0.05) is 34.0 Å². The van der Waals surface area contributed by atoms with E-state index in [2.05, 4.69) is 128 Å². The minimum Gasteiger partial charge on any atom is -0.456 e. The summed E-state index contributed by atoms with van der Waals surface area (Å²) in [6.45, 7) is 2.25. The summed E-state index contributed by atoms with van der Waals surface area (Å²) >= 11 is 0. The van der Waals surface area contributed by atoms with Gasteiger partial charge in [0.25, 0.3) is 0 Å². The summed E-state index contributed by atoms with van der Waals surface area (Å²) in [5.74, 6) is 3.25. The molecule has 2 aliphatic carbocycles. The number of ether oxygens (including phenoxy) is 1. The Morgan fingerprint density at radius 2 is 1.46 bits per heavy atom. The van der Waals surface area contributed by atoms with E-state index in [-0.39, 0.29) is 5.92 Å². The van der Waals surface area contributed by atoms with E-state index in [9.17, 15) is 0 Å². The molecule has 1 unspecified atom stereocenters. The molecule has 1 aromatic heterocycles. The van der Waals surface area contributed by atoms with Crippen molar-refractivity contribution in [1.29, 1.82) is 0 Å². The molecule has 0 N–H and O–H groups in total. The van der Waals surface area contributed by atoms with E-state index in [1.807, 2.05) is 12.3 Å². The van der Waals surface area contributed by atoms with Crippen LogP contribution in [0.15, 0.2) is 128 Å². The highest BCUT2D eigenvalue weighted by Crippen LogP contribution is 2.54. The molecule has 0 spiro atoms. The van der Waals surface area contributed by atoms with Gasteiger partial charge >= 0.3 is 0 Å². The van der Waals surface area contributed by atoms with Crippen molar-refractivity contribution in [3.8, 4) is 11.5 Å². The van der Waals surface area contributed by atoms with Crippen molar-refractivity contribution in [3.05, 3.63) is 156 Å². The number of rotatable bonds is 5. The summed E-state index contributed by atoms with van der Waals surface area (Å²) < 4.78 is 6.98. The van der Waals surface area contributed by atoms with Gasteiger partial charge in [-0.3, -0.25) is 4.98 Å². The molecule has 2 heteroatoms. The fourth-order valence-corrected chi connectivity index (χ4v) is 6.42. The maximum absolute atomic E-state index is 6.98. The van der Waals surface area contributed by atoms with Crippen molar-refractivity contribution in [2.75, 3.05) is 0 Å². The highest BCUT2D eigenvalue weighted by molar-refractivity contribution is 6.11. The van der Waals surface area contributed by atoms with Gasteiger partial charge in [-0.25, -0.2) is 0 Å². The number of pyridine rings is 1. The molecule has 195 valence electrons. The van der Waals surface area contributed by atoms with Crippen LogP contribution >= 0.6 is 0 Å². The number of allylic oxidation sites excluding steroid dienone is 5. The second-order valence-corrected chi connectivity index (χ2v) is 10.8. The predicted molar refractivity (Wildman–Crippen MR) is 171 cm³/mol. The first-order valence-corrected chi connectivity index (χ1v) is 14.3. The Balaban J connectivity index is 1.35. The molecule has 5 aromatic carbocycles. The van der Waals surface area contributed by atoms with Crippen molar-refractivity contribution in [1.82, 2.24) is 4.98 Å². The van der Waals surface area contributed by atoms with E-state index in [1.54, 1.807) is 0 Å². The minimum atomic E-state index is 0.216. The third-order valence-corrected chi connectivity index (χ3v) is 8.43. The van der Waals surface area contributed by atoms with Crippen molar-refractivity contribution in [2.24, 2.45) is 0 Å². The smallest absolute Gasteiger partial charge is 0.141 e. The lowest BCUT2D eigenvalue weighted by Crippen LogP contribution is -2.06. The third kappa shape index (κ3) is 3.90. The molecule has 1 heterocycles. The van der Waals surface area contributed by atoms with Gasteiger partial charge in [0.1, 0.15) is 11.5 Å². The molecule has 2 aliphatic rings. The number of aromatic nitrogens is 1. The SMILES string of the molecule is CCC1C=CC=Cc2c1c(Oc1cccc3ccccc13)c1cccnc1c2[C]1C=C1c1cccc2ccccc12. The van der Waals surface area contributed by atoms with E-state index in [4.69, 9.17) is 9.72 Å². The summed E-state index contributed by atoms with van der Waals surface area (Å²) in [6, 6.07) is 34.1. The average Bonchev–Trinajstić information content (AvgIpc) is 3.84. The van der Waals surface area contributed by atoms with Crippen molar-refractivity contribution in [2.45, 2.75) is 19.3 Å². The first-order chi connectivity index (χ1) is 20.3. The van der Waals surface area contributed by atoms with Gasteiger partial charge < -0.3 is 4.74 Å². The number of hydrogen-bond donors (Lipinski definition) is 0. The van der Waals surface area contributed by atoms with Gasteiger partial charge in [-0.05, 0) is 57.5 Å². The standard InChI is InChI=1S/C39H28NO/c1-2-25-12-3-8-19-31-36(25)39(41-35-22-10-16-27-14-5-7-18-29(27)35)32-21-11-23-40-38(32)37(31)34-24-33(34)30-20-9-15-26-13-4-6-17-28(26)30/h3-25H,2H2,1H3.